The van der Waals surface area contributed by atoms with Crippen LogP contribution in [0.5, 0.6) is 0 Å². The number of aryl methyl sites for hydroxylation is 1. The van der Waals surface area contributed by atoms with Crippen LogP contribution >= 0.6 is 0 Å². The molecule has 1 fully saturated rings. The van der Waals surface area contributed by atoms with E-state index in [1.165, 1.54) is 0 Å². The molecule has 0 bridgehead atoms. The largest absolute Gasteiger partial charge is 0.354 e. The Hall–Kier alpha value is -4.22. The van der Waals surface area contributed by atoms with E-state index in [2.05, 4.69) is 31.5 Å². The maximum absolute atomic E-state index is 12.9. The number of carbonyl (C=O) groups is 2. The second-order valence-corrected chi connectivity index (χ2v) is 8.52. The van der Waals surface area contributed by atoms with Crippen molar-refractivity contribution in [1.29, 1.82) is 5.26 Å². The fraction of sp³-hybridized carbons (Fsp3) is 0.259. The number of hydrogen-bond donors (Lipinski definition) is 2. The molecule has 1 aliphatic heterocycles. The number of anilines is 3. The summed E-state index contributed by atoms with van der Waals surface area (Å²) in [6, 6.07) is 20.3. The zero-order valence-corrected chi connectivity index (χ0v) is 19.7. The first-order valence-electron chi connectivity index (χ1n) is 11.6. The van der Waals surface area contributed by atoms with Crippen molar-refractivity contribution < 1.29 is 9.59 Å². The molecule has 35 heavy (non-hydrogen) atoms. The second-order valence-electron chi connectivity index (χ2n) is 8.52. The third-order valence-corrected chi connectivity index (χ3v) is 5.88. The minimum absolute atomic E-state index is 0.176. The number of nitrogens with zero attached hydrogens (tertiary/aromatic N) is 4. The number of hydrogen-bond acceptors (Lipinski definition) is 6. The molecule has 0 saturated carbocycles. The molecule has 4 rings (SSSR count). The van der Waals surface area contributed by atoms with E-state index in [0.717, 1.165) is 25.1 Å². The van der Waals surface area contributed by atoms with Gasteiger partial charge in [-0.15, -0.1) is 0 Å². The summed E-state index contributed by atoms with van der Waals surface area (Å²) in [5, 5.41) is 15.2. The first-order valence-corrected chi connectivity index (χ1v) is 11.6. The predicted molar refractivity (Wildman–Crippen MR) is 136 cm³/mol. The number of nitrogens with one attached hydrogen (secondary N) is 2. The molecule has 2 N–H and O–H groups in total. The minimum Gasteiger partial charge on any atom is -0.354 e. The maximum atomic E-state index is 12.9. The summed E-state index contributed by atoms with van der Waals surface area (Å²) >= 11 is 0. The summed E-state index contributed by atoms with van der Waals surface area (Å²) in [4.78, 5) is 34.3. The highest BCUT2D eigenvalue weighted by molar-refractivity contribution is 6.10. The fourth-order valence-corrected chi connectivity index (χ4v) is 4.18. The van der Waals surface area contributed by atoms with Crippen molar-refractivity contribution in [3.05, 3.63) is 83.6 Å². The van der Waals surface area contributed by atoms with Crippen LogP contribution in [-0.4, -0.2) is 54.4 Å². The van der Waals surface area contributed by atoms with Crippen molar-refractivity contribution in [3.63, 3.8) is 0 Å². The van der Waals surface area contributed by atoms with Gasteiger partial charge in [-0.05, 0) is 55.3 Å². The molecule has 8 nitrogen and oxygen atoms in total. The molecule has 3 aromatic rings. The van der Waals surface area contributed by atoms with Gasteiger partial charge in [-0.25, -0.2) is 4.98 Å². The molecule has 0 spiro atoms. The van der Waals surface area contributed by atoms with Gasteiger partial charge < -0.3 is 15.5 Å². The first kappa shape index (κ1) is 23.9. The molecular weight excluding hydrogens is 440 g/mol. The Morgan fingerprint density at radius 1 is 1.00 bits per heavy atom. The minimum atomic E-state index is -0.277. The standard InChI is InChI=1S/C27H28N6O2/c1-20-7-4-9-22(17-20)30-27(35)23-10-2-3-11-24(23)31-25(34)19-32-13-6-14-33(16-15-32)26-21(18-28)8-5-12-29-26/h2-5,7-12,17H,6,13-16,19H2,1H3,(H,30,35)(H,31,34). The Morgan fingerprint density at radius 3 is 2.69 bits per heavy atom. The zero-order chi connectivity index (χ0) is 24.6. The highest BCUT2D eigenvalue weighted by atomic mass is 16.2. The highest BCUT2D eigenvalue weighted by Gasteiger charge is 2.21. The molecule has 0 atom stereocenters. The van der Waals surface area contributed by atoms with E-state index in [0.29, 0.717) is 41.4 Å². The van der Waals surface area contributed by atoms with Gasteiger partial charge in [0, 0.05) is 38.1 Å². The third kappa shape index (κ3) is 6.22. The Labute approximate surface area is 205 Å². The van der Waals surface area contributed by atoms with Crippen LogP contribution in [0.3, 0.4) is 0 Å². The average molecular weight is 469 g/mol. The summed E-state index contributed by atoms with van der Waals surface area (Å²) in [6.07, 6.45) is 2.54. The Bertz CT molecular complexity index is 1250. The normalized spacial score (nSPS) is 14.0. The third-order valence-electron chi connectivity index (χ3n) is 5.88. The van der Waals surface area contributed by atoms with E-state index in [-0.39, 0.29) is 18.4 Å². The van der Waals surface area contributed by atoms with Gasteiger partial charge in [0.2, 0.25) is 5.91 Å². The first-order chi connectivity index (χ1) is 17.0. The fourth-order valence-electron chi connectivity index (χ4n) is 4.18. The summed E-state index contributed by atoms with van der Waals surface area (Å²) in [7, 11) is 0. The predicted octanol–water partition coefficient (Wildman–Crippen LogP) is 3.66. The number of rotatable bonds is 6. The second kappa shape index (κ2) is 11.3. The lowest BCUT2D eigenvalue weighted by atomic mass is 10.1. The summed E-state index contributed by atoms with van der Waals surface area (Å²) < 4.78 is 0. The molecule has 1 aliphatic rings. The maximum Gasteiger partial charge on any atom is 0.257 e. The highest BCUT2D eigenvalue weighted by Crippen LogP contribution is 2.20. The van der Waals surface area contributed by atoms with Crippen LogP contribution < -0.4 is 15.5 Å². The molecule has 0 radical (unpaired) electrons. The van der Waals surface area contributed by atoms with Crippen molar-refractivity contribution in [1.82, 2.24) is 9.88 Å². The Kier molecular flexibility index (Phi) is 7.70. The molecule has 0 aliphatic carbocycles. The molecule has 0 unspecified atom stereocenters. The van der Waals surface area contributed by atoms with Gasteiger partial charge in [0.15, 0.2) is 0 Å². The van der Waals surface area contributed by atoms with E-state index in [1.54, 1.807) is 42.6 Å². The summed E-state index contributed by atoms with van der Waals surface area (Å²) in [5.41, 5.74) is 3.19. The van der Waals surface area contributed by atoms with Gasteiger partial charge >= 0.3 is 0 Å². The number of carbonyl (C=O) groups excluding carboxylic acids is 2. The average Bonchev–Trinajstić information content (AvgIpc) is 3.09. The van der Waals surface area contributed by atoms with E-state index < -0.39 is 0 Å². The monoisotopic (exact) mass is 468 g/mol. The molecular formula is C27H28N6O2. The smallest absolute Gasteiger partial charge is 0.257 e. The van der Waals surface area contributed by atoms with Gasteiger partial charge in [0.05, 0.1) is 23.4 Å². The van der Waals surface area contributed by atoms with Crippen LogP contribution in [0.1, 0.15) is 27.9 Å². The van der Waals surface area contributed by atoms with Crippen molar-refractivity contribution in [2.45, 2.75) is 13.3 Å². The quantitative estimate of drug-likeness (QED) is 0.573. The van der Waals surface area contributed by atoms with E-state index >= 15 is 0 Å². The molecule has 2 heterocycles. The van der Waals surface area contributed by atoms with Crippen LogP contribution in [0.2, 0.25) is 0 Å². The Balaban J connectivity index is 1.37. The molecule has 8 heteroatoms. The zero-order valence-electron chi connectivity index (χ0n) is 19.7. The van der Waals surface area contributed by atoms with Gasteiger partial charge in [-0.1, -0.05) is 24.3 Å². The van der Waals surface area contributed by atoms with Gasteiger partial charge in [-0.3, -0.25) is 14.5 Å². The van der Waals surface area contributed by atoms with Crippen LogP contribution in [0.15, 0.2) is 66.9 Å². The van der Waals surface area contributed by atoms with Crippen molar-refractivity contribution >= 4 is 29.0 Å². The number of pyridine rings is 1. The number of nitriles is 1. The lowest BCUT2D eigenvalue weighted by molar-refractivity contribution is -0.117. The molecule has 2 amide bonds. The van der Waals surface area contributed by atoms with Crippen LogP contribution in [0, 0.1) is 18.3 Å². The lowest BCUT2D eigenvalue weighted by Crippen LogP contribution is -2.37. The number of para-hydroxylation sites is 1. The van der Waals surface area contributed by atoms with Gasteiger partial charge in [-0.2, -0.15) is 5.26 Å². The summed E-state index contributed by atoms with van der Waals surface area (Å²) in [5.74, 6) is 0.236. The van der Waals surface area contributed by atoms with E-state index in [9.17, 15) is 14.9 Å². The molecule has 2 aromatic carbocycles. The number of amides is 2. The van der Waals surface area contributed by atoms with Crippen molar-refractivity contribution in [2.24, 2.45) is 0 Å². The molecule has 1 saturated heterocycles. The molecule has 178 valence electrons. The summed E-state index contributed by atoms with van der Waals surface area (Å²) in [6.45, 7) is 5.05. The number of benzene rings is 2. The van der Waals surface area contributed by atoms with E-state index in [4.69, 9.17) is 0 Å². The van der Waals surface area contributed by atoms with Crippen LogP contribution in [0.25, 0.3) is 0 Å². The Morgan fingerprint density at radius 2 is 1.86 bits per heavy atom. The van der Waals surface area contributed by atoms with E-state index in [1.807, 2.05) is 31.2 Å². The SMILES string of the molecule is Cc1cccc(NC(=O)c2ccccc2NC(=O)CN2CCCN(c3ncccc3C#N)CC2)c1. The van der Waals surface area contributed by atoms with Gasteiger partial charge in [0.25, 0.3) is 5.91 Å². The molecule has 1 aromatic heterocycles. The van der Waals surface area contributed by atoms with Crippen LogP contribution in [0.4, 0.5) is 17.2 Å². The van der Waals surface area contributed by atoms with Crippen LogP contribution in [-0.2, 0) is 4.79 Å². The number of aromatic nitrogens is 1. The topological polar surface area (TPSA) is 101 Å². The van der Waals surface area contributed by atoms with Crippen molar-refractivity contribution in [2.75, 3.05) is 48.3 Å². The van der Waals surface area contributed by atoms with Gasteiger partial charge in [0.1, 0.15) is 11.9 Å². The van der Waals surface area contributed by atoms with Crippen molar-refractivity contribution in [3.8, 4) is 6.07 Å². The lowest BCUT2D eigenvalue weighted by Gasteiger charge is -2.23.